The lowest BCUT2D eigenvalue weighted by Gasteiger charge is -2.38. The molecule has 1 atom stereocenters. The number of likely N-dealkylation sites (tertiary alicyclic amines) is 1. The second kappa shape index (κ2) is 9.15. The average Bonchev–Trinajstić information content (AvgIpc) is 2.79. The summed E-state index contributed by atoms with van der Waals surface area (Å²) in [6.45, 7) is 2.96. The van der Waals surface area contributed by atoms with Gasteiger partial charge in [0, 0.05) is 13.1 Å². The van der Waals surface area contributed by atoms with Crippen molar-refractivity contribution in [1.29, 1.82) is 0 Å². The SMILES string of the molecule is NS(=O)(=O)c1ccc(OCCN2C[C@@H](C(=O)N3CCCCC3)Oc3ccccc32)cc1. The highest BCUT2D eigenvalue weighted by Gasteiger charge is 2.33. The van der Waals surface area contributed by atoms with Gasteiger partial charge in [0.2, 0.25) is 10.0 Å². The number of piperidine rings is 1. The summed E-state index contributed by atoms with van der Waals surface area (Å²) in [6, 6.07) is 13.7. The number of nitrogens with zero attached hydrogens (tertiary/aromatic N) is 2. The first-order valence-corrected chi connectivity index (χ1v) is 12.0. The van der Waals surface area contributed by atoms with E-state index in [9.17, 15) is 13.2 Å². The fourth-order valence-corrected chi connectivity index (χ4v) is 4.48. The van der Waals surface area contributed by atoms with E-state index in [0.29, 0.717) is 31.2 Å². The first-order valence-electron chi connectivity index (χ1n) is 10.5. The van der Waals surface area contributed by atoms with Gasteiger partial charge in [-0.3, -0.25) is 4.79 Å². The molecule has 2 N–H and O–H groups in total. The van der Waals surface area contributed by atoms with Gasteiger partial charge in [-0.1, -0.05) is 12.1 Å². The second-order valence-corrected chi connectivity index (χ2v) is 9.33. The van der Waals surface area contributed by atoms with Crippen molar-refractivity contribution in [2.24, 2.45) is 5.14 Å². The third-order valence-corrected chi connectivity index (χ3v) is 6.52. The zero-order chi connectivity index (χ0) is 21.8. The lowest BCUT2D eigenvalue weighted by molar-refractivity contribution is -0.139. The minimum Gasteiger partial charge on any atom is -0.492 e. The van der Waals surface area contributed by atoms with Crippen LogP contribution in [0.4, 0.5) is 5.69 Å². The van der Waals surface area contributed by atoms with E-state index in [4.69, 9.17) is 14.6 Å². The number of hydrogen-bond acceptors (Lipinski definition) is 6. The molecule has 2 aromatic rings. The molecule has 0 aromatic heterocycles. The molecule has 2 aliphatic rings. The number of primary sulfonamides is 1. The standard InChI is InChI=1S/C22H27N3O5S/c23-31(27,28)18-10-8-17(9-11-18)29-15-14-25-16-21(22(26)24-12-4-1-5-13-24)30-20-7-3-2-6-19(20)25/h2-3,6-11,21H,1,4-5,12-16H2,(H2,23,27,28)/t21-/m0/s1. The average molecular weight is 446 g/mol. The molecule has 9 heteroatoms. The van der Waals surface area contributed by atoms with Crippen molar-refractivity contribution < 1.29 is 22.7 Å². The first-order chi connectivity index (χ1) is 14.9. The molecule has 0 saturated carbocycles. The summed E-state index contributed by atoms with van der Waals surface area (Å²) < 4.78 is 34.6. The number of sulfonamides is 1. The van der Waals surface area contributed by atoms with E-state index in [1.807, 2.05) is 29.2 Å². The van der Waals surface area contributed by atoms with Gasteiger partial charge in [0.1, 0.15) is 18.1 Å². The Morgan fingerprint density at radius 3 is 2.48 bits per heavy atom. The van der Waals surface area contributed by atoms with E-state index in [0.717, 1.165) is 31.6 Å². The fraction of sp³-hybridized carbons (Fsp3) is 0.409. The van der Waals surface area contributed by atoms with Gasteiger partial charge in [-0.05, 0) is 55.7 Å². The van der Waals surface area contributed by atoms with E-state index in [1.165, 1.54) is 18.6 Å². The van der Waals surface area contributed by atoms with Crippen LogP contribution >= 0.6 is 0 Å². The van der Waals surface area contributed by atoms with Gasteiger partial charge in [-0.15, -0.1) is 0 Å². The number of hydrogen-bond donors (Lipinski definition) is 1. The maximum absolute atomic E-state index is 13.0. The molecule has 31 heavy (non-hydrogen) atoms. The molecule has 8 nitrogen and oxygen atoms in total. The third-order valence-electron chi connectivity index (χ3n) is 5.59. The lowest BCUT2D eigenvalue weighted by atomic mass is 10.1. The summed E-state index contributed by atoms with van der Waals surface area (Å²) in [5.74, 6) is 1.29. The van der Waals surface area contributed by atoms with Gasteiger partial charge in [0.25, 0.3) is 5.91 Å². The van der Waals surface area contributed by atoms with Gasteiger partial charge >= 0.3 is 0 Å². The third kappa shape index (κ3) is 5.11. The second-order valence-electron chi connectivity index (χ2n) is 7.77. The van der Waals surface area contributed by atoms with E-state index < -0.39 is 16.1 Å². The Labute approximate surface area is 182 Å². The molecular formula is C22H27N3O5S. The molecule has 0 bridgehead atoms. The summed E-state index contributed by atoms with van der Waals surface area (Å²) in [5, 5.41) is 5.12. The van der Waals surface area contributed by atoms with Crippen LogP contribution in [0.1, 0.15) is 19.3 Å². The number of amides is 1. The van der Waals surface area contributed by atoms with Crippen LogP contribution < -0.4 is 19.5 Å². The predicted octanol–water partition coefficient (Wildman–Crippen LogP) is 1.99. The fourth-order valence-electron chi connectivity index (χ4n) is 3.96. The Morgan fingerprint density at radius 2 is 1.77 bits per heavy atom. The van der Waals surface area contributed by atoms with Crippen LogP contribution in [0.25, 0.3) is 0 Å². The van der Waals surface area contributed by atoms with Crippen LogP contribution in [0.2, 0.25) is 0 Å². The monoisotopic (exact) mass is 445 g/mol. The lowest BCUT2D eigenvalue weighted by Crippen LogP contribution is -2.52. The van der Waals surface area contributed by atoms with Crippen molar-refractivity contribution in [1.82, 2.24) is 4.90 Å². The molecular weight excluding hydrogens is 418 g/mol. The van der Waals surface area contributed by atoms with Crippen LogP contribution in [0.15, 0.2) is 53.4 Å². The van der Waals surface area contributed by atoms with Crippen LogP contribution in [-0.4, -0.2) is 58.1 Å². The minimum absolute atomic E-state index is 0.0405. The molecule has 1 fully saturated rings. The summed E-state index contributed by atoms with van der Waals surface area (Å²) >= 11 is 0. The largest absolute Gasteiger partial charge is 0.492 e. The molecule has 166 valence electrons. The maximum atomic E-state index is 13.0. The van der Waals surface area contributed by atoms with Crippen LogP contribution in [0.5, 0.6) is 11.5 Å². The van der Waals surface area contributed by atoms with Crippen LogP contribution in [-0.2, 0) is 14.8 Å². The van der Waals surface area contributed by atoms with Crippen LogP contribution in [0, 0.1) is 0 Å². The van der Waals surface area contributed by atoms with E-state index in [-0.39, 0.29) is 10.8 Å². The Hall–Kier alpha value is -2.78. The Kier molecular flexibility index (Phi) is 6.33. The zero-order valence-electron chi connectivity index (χ0n) is 17.3. The van der Waals surface area contributed by atoms with E-state index in [2.05, 4.69) is 4.90 Å². The summed E-state index contributed by atoms with van der Waals surface area (Å²) in [5.41, 5.74) is 0.929. The number of ether oxygens (including phenoxy) is 2. The highest BCUT2D eigenvalue weighted by molar-refractivity contribution is 7.89. The molecule has 2 aromatic carbocycles. The number of carbonyl (C=O) groups excluding carboxylic acids is 1. The number of para-hydroxylation sites is 2. The molecule has 0 spiro atoms. The molecule has 0 aliphatic carbocycles. The molecule has 2 aliphatic heterocycles. The topological polar surface area (TPSA) is 102 Å². The molecule has 1 saturated heterocycles. The van der Waals surface area contributed by atoms with Crippen molar-refractivity contribution in [2.45, 2.75) is 30.3 Å². The molecule has 2 heterocycles. The smallest absolute Gasteiger partial charge is 0.265 e. The van der Waals surface area contributed by atoms with Gasteiger partial charge in [0.15, 0.2) is 6.10 Å². The van der Waals surface area contributed by atoms with Crippen molar-refractivity contribution in [3.05, 3.63) is 48.5 Å². The minimum atomic E-state index is -3.73. The molecule has 0 radical (unpaired) electrons. The summed E-state index contributed by atoms with van der Waals surface area (Å²) in [4.78, 5) is 17.1. The Bertz CT molecular complexity index is 1020. The Balaban J connectivity index is 1.41. The first kappa shape index (κ1) is 21.5. The van der Waals surface area contributed by atoms with E-state index >= 15 is 0 Å². The quantitative estimate of drug-likeness (QED) is 0.730. The normalized spacial score (nSPS) is 18.8. The summed E-state index contributed by atoms with van der Waals surface area (Å²) in [6.07, 6.45) is 2.70. The van der Waals surface area contributed by atoms with Gasteiger partial charge in [-0.25, -0.2) is 13.6 Å². The number of benzene rings is 2. The number of fused-ring (bicyclic) bond motifs is 1. The number of anilines is 1. The zero-order valence-corrected chi connectivity index (χ0v) is 18.1. The number of carbonyl (C=O) groups is 1. The number of rotatable bonds is 6. The Morgan fingerprint density at radius 1 is 1.06 bits per heavy atom. The van der Waals surface area contributed by atoms with Gasteiger partial charge in [0.05, 0.1) is 23.7 Å². The predicted molar refractivity (Wildman–Crippen MR) is 117 cm³/mol. The van der Waals surface area contributed by atoms with Crippen molar-refractivity contribution in [2.75, 3.05) is 37.7 Å². The molecule has 0 unspecified atom stereocenters. The molecule has 4 rings (SSSR count). The van der Waals surface area contributed by atoms with Crippen molar-refractivity contribution in [3.63, 3.8) is 0 Å². The molecule has 1 amide bonds. The highest BCUT2D eigenvalue weighted by atomic mass is 32.2. The van der Waals surface area contributed by atoms with Crippen molar-refractivity contribution >= 4 is 21.6 Å². The van der Waals surface area contributed by atoms with Crippen molar-refractivity contribution in [3.8, 4) is 11.5 Å². The highest BCUT2D eigenvalue weighted by Crippen LogP contribution is 2.33. The summed E-state index contributed by atoms with van der Waals surface area (Å²) in [7, 11) is -3.73. The van der Waals surface area contributed by atoms with Crippen LogP contribution in [0.3, 0.4) is 0 Å². The van der Waals surface area contributed by atoms with E-state index in [1.54, 1.807) is 12.1 Å². The van der Waals surface area contributed by atoms with Gasteiger partial charge in [-0.2, -0.15) is 0 Å². The van der Waals surface area contributed by atoms with Gasteiger partial charge < -0.3 is 19.3 Å². The number of nitrogens with two attached hydrogens (primary N) is 1. The maximum Gasteiger partial charge on any atom is 0.265 e.